The molecule has 0 heterocycles. The minimum atomic E-state index is -1.32. The highest BCUT2D eigenvalue weighted by molar-refractivity contribution is 5.80. The summed E-state index contributed by atoms with van der Waals surface area (Å²) in [7, 11) is 1.36. The summed E-state index contributed by atoms with van der Waals surface area (Å²) in [6.45, 7) is 8.24. The molecule has 0 aromatic carbocycles. The van der Waals surface area contributed by atoms with Crippen molar-refractivity contribution in [3.63, 3.8) is 0 Å². The summed E-state index contributed by atoms with van der Waals surface area (Å²) in [6.07, 6.45) is 4.16. The molecule has 1 fully saturated rings. The van der Waals surface area contributed by atoms with Gasteiger partial charge in [0.05, 0.1) is 7.11 Å². The summed E-state index contributed by atoms with van der Waals surface area (Å²) in [6, 6.07) is 0. The third-order valence-electron chi connectivity index (χ3n) is 4.67. The fraction of sp³-hybridized carbons (Fsp3) is 0.933. The van der Waals surface area contributed by atoms with Crippen molar-refractivity contribution >= 4 is 5.97 Å². The molecule has 0 aliphatic heterocycles. The molecule has 0 spiro atoms. The zero-order chi connectivity index (χ0) is 13.9. The van der Waals surface area contributed by atoms with E-state index in [4.69, 9.17) is 4.74 Å². The Morgan fingerprint density at radius 2 is 1.89 bits per heavy atom. The van der Waals surface area contributed by atoms with Crippen LogP contribution in [0.4, 0.5) is 0 Å². The van der Waals surface area contributed by atoms with Gasteiger partial charge in [0.25, 0.3) is 0 Å². The summed E-state index contributed by atoms with van der Waals surface area (Å²) >= 11 is 0. The molecule has 0 aromatic rings. The van der Waals surface area contributed by atoms with Gasteiger partial charge in [-0.25, -0.2) is 4.79 Å². The van der Waals surface area contributed by atoms with Crippen LogP contribution in [0, 0.1) is 23.7 Å². The van der Waals surface area contributed by atoms with Gasteiger partial charge in [0, 0.05) is 0 Å². The van der Waals surface area contributed by atoms with Crippen molar-refractivity contribution in [2.45, 2.75) is 59.0 Å². The first-order valence-corrected chi connectivity index (χ1v) is 7.14. The Morgan fingerprint density at radius 3 is 2.33 bits per heavy atom. The monoisotopic (exact) mass is 256 g/mol. The molecule has 3 unspecified atom stereocenters. The lowest BCUT2D eigenvalue weighted by molar-refractivity contribution is -0.178. The first-order chi connectivity index (χ1) is 8.33. The number of ether oxygens (including phenoxy) is 1. The highest BCUT2D eigenvalue weighted by Crippen LogP contribution is 2.42. The van der Waals surface area contributed by atoms with Gasteiger partial charge in [0.1, 0.15) is 0 Å². The van der Waals surface area contributed by atoms with Crippen molar-refractivity contribution < 1.29 is 14.6 Å². The minimum Gasteiger partial charge on any atom is -0.467 e. The molecule has 0 aromatic heterocycles. The second kappa shape index (κ2) is 6.05. The van der Waals surface area contributed by atoms with Gasteiger partial charge in [-0.1, -0.05) is 40.5 Å². The Morgan fingerprint density at radius 1 is 1.28 bits per heavy atom. The number of aliphatic hydroxyl groups is 1. The molecular weight excluding hydrogens is 228 g/mol. The summed E-state index contributed by atoms with van der Waals surface area (Å²) in [4.78, 5) is 12.0. The Hall–Kier alpha value is -0.570. The number of carbonyl (C=O) groups excluding carboxylic acids is 1. The molecule has 1 N–H and O–H groups in total. The molecule has 0 amide bonds. The lowest BCUT2D eigenvalue weighted by atomic mass is 9.66. The van der Waals surface area contributed by atoms with E-state index in [1.165, 1.54) is 13.5 Å². The van der Waals surface area contributed by atoms with Crippen LogP contribution in [0.5, 0.6) is 0 Å². The van der Waals surface area contributed by atoms with Gasteiger partial charge in [0.2, 0.25) is 0 Å². The molecular formula is C15H28O3. The van der Waals surface area contributed by atoms with Gasteiger partial charge in [-0.2, -0.15) is 0 Å². The molecule has 106 valence electrons. The predicted octanol–water partition coefficient (Wildman–Crippen LogP) is 3.01. The predicted molar refractivity (Wildman–Crippen MR) is 72.1 cm³/mol. The molecule has 0 saturated heterocycles. The van der Waals surface area contributed by atoms with Crippen molar-refractivity contribution in [2.24, 2.45) is 23.7 Å². The topological polar surface area (TPSA) is 46.5 Å². The van der Waals surface area contributed by atoms with E-state index >= 15 is 0 Å². The van der Waals surface area contributed by atoms with Crippen LogP contribution in [-0.2, 0) is 9.53 Å². The maximum absolute atomic E-state index is 12.0. The quantitative estimate of drug-likeness (QED) is 0.786. The minimum absolute atomic E-state index is 0.0334. The molecule has 1 aliphatic carbocycles. The summed E-state index contributed by atoms with van der Waals surface area (Å²) in [5, 5.41) is 10.8. The van der Waals surface area contributed by atoms with Gasteiger partial charge in [0.15, 0.2) is 5.60 Å². The van der Waals surface area contributed by atoms with E-state index in [1.807, 2.05) is 13.8 Å². The highest BCUT2D eigenvalue weighted by Gasteiger charge is 2.49. The lowest BCUT2D eigenvalue weighted by Crippen LogP contribution is -2.52. The zero-order valence-corrected chi connectivity index (χ0v) is 12.4. The number of carbonyl (C=O) groups is 1. The van der Waals surface area contributed by atoms with Crippen LogP contribution in [-0.4, -0.2) is 23.8 Å². The van der Waals surface area contributed by atoms with Crippen LogP contribution in [0.2, 0.25) is 0 Å². The number of hydrogen-bond donors (Lipinski definition) is 1. The largest absolute Gasteiger partial charge is 0.467 e. The standard InChI is InChI=1S/C15H28O3/c1-10(2)12-7-6-8-13(9-12)15(17,11(3)4)14(16)18-5/h10-13,17H,6-9H2,1-5H3. The molecule has 1 aliphatic rings. The number of rotatable bonds is 4. The Bertz CT molecular complexity index is 285. The smallest absolute Gasteiger partial charge is 0.338 e. The van der Waals surface area contributed by atoms with Crippen molar-refractivity contribution in [1.29, 1.82) is 0 Å². The number of methoxy groups -OCH3 is 1. The Labute approximate surface area is 111 Å². The summed E-state index contributed by atoms with van der Waals surface area (Å²) in [5.41, 5.74) is -1.32. The van der Waals surface area contributed by atoms with Gasteiger partial charge in [-0.15, -0.1) is 0 Å². The molecule has 0 radical (unpaired) electrons. The average molecular weight is 256 g/mol. The van der Waals surface area contributed by atoms with Crippen LogP contribution in [0.1, 0.15) is 53.4 Å². The van der Waals surface area contributed by atoms with E-state index in [0.29, 0.717) is 11.8 Å². The maximum atomic E-state index is 12.0. The van der Waals surface area contributed by atoms with E-state index in [1.54, 1.807) is 0 Å². The first-order valence-electron chi connectivity index (χ1n) is 7.14. The van der Waals surface area contributed by atoms with E-state index in [-0.39, 0.29) is 11.8 Å². The fourth-order valence-electron chi connectivity index (χ4n) is 3.27. The summed E-state index contributed by atoms with van der Waals surface area (Å²) < 4.78 is 4.84. The van der Waals surface area contributed by atoms with Crippen molar-refractivity contribution in [3.8, 4) is 0 Å². The van der Waals surface area contributed by atoms with Crippen molar-refractivity contribution in [2.75, 3.05) is 7.11 Å². The normalized spacial score (nSPS) is 28.2. The van der Waals surface area contributed by atoms with E-state index in [9.17, 15) is 9.90 Å². The fourth-order valence-corrected chi connectivity index (χ4v) is 3.27. The molecule has 3 atom stereocenters. The number of esters is 1. The zero-order valence-electron chi connectivity index (χ0n) is 12.4. The number of hydrogen-bond acceptors (Lipinski definition) is 3. The summed E-state index contributed by atoms with van der Waals surface area (Å²) in [5.74, 6) is 0.680. The molecule has 18 heavy (non-hydrogen) atoms. The van der Waals surface area contributed by atoms with Crippen LogP contribution in [0.3, 0.4) is 0 Å². The Balaban J connectivity index is 2.89. The highest BCUT2D eigenvalue weighted by atomic mass is 16.5. The lowest BCUT2D eigenvalue weighted by Gasteiger charge is -2.42. The van der Waals surface area contributed by atoms with Crippen LogP contribution in [0.25, 0.3) is 0 Å². The van der Waals surface area contributed by atoms with Crippen LogP contribution < -0.4 is 0 Å². The van der Waals surface area contributed by atoms with Gasteiger partial charge >= 0.3 is 5.97 Å². The van der Waals surface area contributed by atoms with Gasteiger partial charge in [-0.3, -0.25) is 0 Å². The van der Waals surface area contributed by atoms with Gasteiger partial charge in [-0.05, 0) is 36.5 Å². The molecule has 1 rings (SSSR count). The molecule has 3 nitrogen and oxygen atoms in total. The van der Waals surface area contributed by atoms with Crippen LogP contribution >= 0.6 is 0 Å². The van der Waals surface area contributed by atoms with Crippen LogP contribution in [0.15, 0.2) is 0 Å². The van der Waals surface area contributed by atoms with E-state index in [0.717, 1.165) is 19.3 Å². The second-order valence-electron chi connectivity index (χ2n) is 6.34. The van der Waals surface area contributed by atoms with E-state index in [2.05, 4.69) is 13.8 Å². The molecule has 1 saturated carbocycles. The molecule has 3 heteroatoms. The molecule has 0 bridgehead atoms. The second-order valence-corrected chi connectivity index (χ2v) is 6.34. The Kier molecular flexibility index (Phi) is 5.20. The third-order valence-corrected chi connectivity index (χ3v) is 4.67. The average Bonchev–Trinajstić information content (AvgIpc) is 2.36. The first kappa shape index (κ1) is 15.5. The SMILES string of the molecule is COC(=O)C(O)(C(C)C)C1CCCC(C(C)C)C1. The van der Waals surface area contributed by atoms with E-state index < -0.39 is 11.6 Å². The van der Waals surface area contributed by atoms with Gasteiger partial charge < -0.3 is 9.84 Å². The third kappa shape index (κ3) is 2.87. The maximum Gasteiger partial charge on any atom is 0.338 e. The van der Waals surface area contributed by atoms with Crippen molar-refractivity contribution in [1.82, 2.24) is 0 Å². The van der Waals surface area contributed by atoms with Crippen molar-refractivity contribution in [3.05, 3.63) is 0 Å².